The van der Waals surface area contributed by atoms with Crippen LogP contribution in [0.4, 0.5) is 5.82 Å². The molecule has 2 aromatic rings. The normalized spacial score (nSPS) is 10.7. The molecule has 0 spiro atoms. The second-order valence-electron chi connectivity index (χ2n) is 3.66. The van der Waals surface area contributed by atoms with E-state index >= 15 is 0 Å². The molecule has 1 N–H and O–H groups in total. The van der Waals surface area contributed by atoms with Crippen molar-refractivity contribution in [3.63, 3.8) is 0 Å². The summed E-state index contributed by atoms with van der Waals surface area (Å²) in [4.78, 5) is 3.93. The Balaban J connectivity index is 2.31. The monoisotopic (exact) mass is 220 g/mol. The first-order valence-corrected chi connectivity index (χ1v) is 5.31. The topological polar surface area (TPSA) is 60.6 Å². The SMILES string of the molecule is CCNc1c(Cn2cncn2)c(C)nn1C. The van der Waals surface area contributed by atoms with Crippen molar-refractivity contribution in [3.8, 4) is 0 Å². The summed E-state index contributed by atoms with van der Waals surface area (Å²) in [6.07, 6.45) is 3.25. The quantitative estimate of drug-likeness (QED) is 0.828. The van der Waals surface area contributed by atoms with E-state index in [-0.39, 0.29) is 0 Å². The van der Waals surface area contributed by atoms with Crippen molar-refractivity contribution in [1.29, 1.82) is 0 Å². The van der Waals surface area contributed by atoms with E-state index in [1.54, 1.807) is 17.3 Å². The predicted octanol–water partition coefficient (Wildman–Crippen LogP) is 0.800. The smallest absolute Gasteiger partial charge is 0.137 e. The van der Waals surface area contributed by atoms with Crippen LogP contribution in [0.5, 0.6) is 0 Å². The summed E-state index contributed by atoms with van der Waals surface area (Å²) in [5, 5.41) is 11.8. The Morgan fingerprint density at radius 3 is 2.88 bits per heavy atom. The number of nitrogens with zero attached hydrogens (tertiary/aromatic N) is 5. The van der Waals surface area contributed by atoms with Crippen LogP contribution in [0.3, 0.4) is 0 Å². The third-order valence-electron chi connectivity index (χ3n) is 2.48. The molecule has 0 saturated carbocycles. The highest BCUT2D eigenvalue weighted by Crippen LogP contribution is 2.19. The first kappa shape index (κ1) is 10.7. The van der Waals surface area contributed by atoms with E-state index in [1.165, 1.54) is 0 Å². The van der Waals surface area contributed by atoms with Crippen molar-refractivity contribution in [3.05, 3.63) is 23.9 Å². The fourth-order valence-corrected chi connectivity index (χ4v) is 1.76. The van der Waals surface area contributed by atoms with E-state index in [1.807, 2.05) is 18.7 Å². The van der Waals surface area contributed by atoms with Crippen LogP contribution < -0.4 is 5.32 Å². The number of aryl methyl sites for hydroxylation is 2. The standard InChI is InChI=1S/C10H16N6/c1-4-12-10-9(8(2)14-15(10)3)5-16-7-11-6-13-16/h6-7,12H,4-5H2,1-3H3. The van der Waals surface area contributed by atoms with Crippen molar-refractivity contribution < 1.29 is 0 Å². The fourth-order valence-electron chi connectivity index (χ4n) is 1.76. The van der Waals surface area contributed by atoms with Crippen LogP contribution in [0.1, 0.15) is 18.2 Å². The molecule has 16 heavy (non-hydrogen) atoms. The molecule has 0 amide bonds. The molecule has 0 fully saturated rings. The Morgan fingerprint density at radius 2 is 2.25 bits per heavy atom. The highest BCUT2D eigenvalue weighted by Gasteiger charge is 2.12. The lowest BCUT2D eigenvalue weighted by Gasteiger charge is -2.07. The van der Waals surface area contributed by atoms with Gasteiger partial charge >= 0.3 is 0 Å². The van der Waals surface area contributed by atoms with E-state index in [9.17, 15) is 0 Å². The minimum Gasteiger partial charge on any atom is -0.370 e. The van der Waals surface area contributed by atoms with Crippen molar-refractivity contribution >= 4 is 5.82 Å². The van der Waals surface area contributed by atoms with E-state index < -0.39 is 0 Å². The lowest BCUT2D eigenvalue weighted by Crippen LogP contribution is -2.08. The zero-order valence-electron chi connectivity index (χ0n) is 9.80. The van der Waals surface area contributed by atoms with Gasteiger partial charge in [0.05, 0.1) is 12.2 Å². The minimum absolute atomic E-state index is 0.696. The molecule has 0 aliphatic rings. The maximum absolute atomic E-state index is 4.40. The average molecular weight is 220 g/mol. The largest absolute Gasteiger partial charge is 0.370 e. The van der Waals surface area contributed by atoms with Crippen molar-refractivity contribution in [2.75, 3.05) is 11.9 Å². The number of hydrogen-bond acceptors (Lipinski definition) is 4. The van der Waals surface area contributed by atoms with E-state index in [2.05, 4.69) is 27.4 Å². The highest BCUT2D eigenvalue weighted by molar-refractivity contribution is 5.47. The van der Waals surface area contributed by atoms with Crippen LogP contribution >= 0.6 is 0 Å². The molecule has 6 heteroatoms. The molecular formula is C10H16N6. The van der Waals surface area contributed by atoms with Gasteiger partial charge in [-0.2, -0.15) is 10.2 Å². The molecule has 0 aliphatic carbocycles. The second-order valence-corrected chi connectivity index (χ2v) is 3.66. The Morgan fingerprint density at radius 1 is 1.44 bits per heavy atom. The van der Waals surface area contributed by atoms with Crippen molar-refractivity contribution in [2.45, 2.75) is 20.4 Å². The highest BCUT2D eigenvalue weighted by atomic mass is 15.3. The van der Waals surface area contributed by atoms with Crippen molar-refractivity contribution in [1.82, 2.24) is 24.5 Å². The van der Waals surface area contributed by atoms with Crippen LogP contribution in [0, 0.1) is 6.92 Å². The summed E-state index contributed by atoms with van der Waals surface area (Å²) in [6.45, 7) is 5.65. The van der Waals surface area contributed by atoms with Gasteiger partial charge in [0.1, 0.15) is 18.5 Å². The second kappa shape index (κ2) is 4.34. The maximum Gasteiger partial charge on any atom is 0.137 e. The molecular weight excluding hydrogens is 204 g/mol. The zero-order chi connectivity index (χ0) is 11.5. The summed E-state index contributed by atoms with van der Waals surface area (Å²) in [6, 6.07) is 0. The van der Waals surface area contributed by atoms with E-state index in [4.69, 9.17) is 0 Å². The van der Waals surface area contributed by atoms with Crippen LogP contribution in [-0.2, 0) is 13.6 Å². The van der Waals surface area contributed by atoms with Gasteiger partial charge in [-0.05, 0) is 13.8 Å². The molecule has 0 saturated heterocycles. The first-order valence-electron chi connectivity index (χ1n) is 5.31. The number of aromatic nitrogens is 5. The van der Waals surface area contributed by atoms with E-state index in [0.717, 1.165) is 23.6 Å². The molecule has 2 aromatic heterocycles. The van der Waals surface area contributed by atoms with E-state index in [0.29, 0.717) is 6.54 Å². The van der Waals surface area contributed by atoms with Gasteiger partial charge in [-0.1, -0.05) is 0 Å². The molecule has 0 unspecified atom stereocenters. The van der Waals surface area contributed by atoms with Crippen LogP contribution in [0.25, 0.3) is 0 Å². The summed E-state index contributed by atoms with van der Waals surface area (Å²) >= 11 is 0. The summed E-state index contributed by atoms with van der Waals surface area (Å²) < 4.78 is 3.66. The molecule has 0 aromatic carbocycles. The van der Waals surface area contributed by atoms with Gasteiger partial charge in [-0.15, -0.1) is 0 Å². The Hall–Kier alpha value is -1.85. The molecule has 86 valence electrons. The Kier molecular flexibility index (Phi) is 2.89. The predicted molar refractivity (Wildman–Crippen MR) is 61.2 cm³/mol. The maximum atomic E-state index is 4.40. The van der Waals surface area contributed by atoms with Crippen LogP contribution in [0.2, 0.25) is 0 Å². The summed E-state index contributed by atoms with van der Waals surface area (Å²) in [7, 11) is 1.94. The van der Waals surface area contributed by atoms with Gasteiger partial charge in [-0.3, -0.25) is 4.68 Å². The molecule has 2 heterocycles. The lowest BCUT2D eigenvalue weighted by atomic mass is 10.2. The zero-order valence-corrected chi connectivity index (χ0v) is 9.80. The Labute approximate surface area is 94.3 Å². The summed E-state index contributed by atoms with van der Waals surface area (Å²) in [5.74, 6) is 1.05. The molecule has 0 radical (unpaired) electrons. The molecule has 6 nitrogen and oxygen atoms in total. The van der Waals surface area contributed by atoms with Gasteiger partial charge in [0, 0.05) is 19.2 Å². The van der Waals surface area contributed by atoms with Crippen LogP contribution in [0.15, 0.2) is 12.7 Å². The van der Waals surface area contributed by atoms with Gasteiger partial charge in [-0.25, -0.2) is 9.67 Å². The first-order chi connectivity index (χ1) is 7.72. The lowest BCUT2D eigenvalue weighted by molar-refractivity contribution is 0.682. The molecule has 0 bridgehead atoms. The van der Waals surface area contributed by atoms with Gasteiger partial charge in [0.2, 0.25) is 0 Å². The van der Waals surface area contributed by atoms with Gasteiger partial charge in [0.15, 0.2) is 0 Å². The average Bonchev–Trinajstić information content (AvgIpc) is 2.82. The molecule has 0 atom stereocenters. The number of anilines is 1. The van der Waals surface area contributed by atoms with Gasteiger partial charge in [0.25, 0.3) is 0 Å². The third kappa shape index (κ3) is 1.91. The number of rotatable bonds is 4. The number of hydrogen-bond donors (Lipinski definition) is 1. The van der Waals surface area contributed by atoms with Crippen LogP contribution in [-0.4, -0.2) is 31.1 Å². The molecule has 2 rings (SSSR count). The molecule has 0 aliphatic heterocycles. The number of nitrogens with one attached hydrogen (secondary N) is 1. The Bertz CT molecular complexity index is 456. The third-order valence-corrected chi connectivity index (χ3v) is 2.48. The van der Waals surface area contributed by atoms with Gasteiger partial charge < -0.3 is 5.32 Å². The van der Waals surface area contributed by atoms with Crippen molar-refractivity contribution in [2.24, 2.45) is 7.05 Å². The fraction of sp³-hybridized carbons (Fsp3) is 0.500. The minimum atomic E-state index is 0.696. The summed E-state index contributed by atoms with van der Waals surface area (Å²) in [5.41, 5.74) is 2.18.